The minimum Gasteiger partial charge on any atom is -0.448 e. The van der Waals surface area contributed by atoms with Gasteiger partial charge in [-0.25, -0.2) is 9.78 Å². The average molecular weight is 402 g/mol. The number of ether oxygens (including phenoxy) is 1. The number of carbonyl (C=O) groups is 2. The minimum absolute atomic E-state index is 0.345. The van der Waals surface area contributed by atoms with Gasteiger partial charge < -0.3 is 10.1 Å². The molecule has 0 unspecified atom stereocenters. The zero-order valence-corrected chi connectivity index (χ0v) is 16.2. The first-order valence-electron chi connectivity index (χ1n) is 8.10. The van der Waals surface area contributed by atoms with Gasteiger partial charge in [0.15, 0.2) is 6.10 Å². The van der Waals surface area contributed by atoms with Crippen LogP contribution in [0.1, 0.15) is 22.3 Å². The van der Waals surface area contributed by atoms with Gasteiger partial charge in [-0.2, -0.15) is 0 Å². The van der Waals surface area contributed by atoms with Gasteiger partial charge in [0.2, 0.25) is 0 Å². The first-order valence-corrected chi connectivity index (χ1v) is 9.29. The highest BCUT2D eigenvalue weighted by Crippen LogP contribution is 2.27. The molecule has 3 aromatic rings. The maximum atomic E-state index is 12.5. The number of aromatic nitrogens is 2. The van der Waals surface area contributed by atoms with Gasteiger partial charge in [0.1, 0.15) is 9.88 Å². The van der Waals surface area contributed by atoms with Crippen molar-refractivity contribution in [3.8, 4) is 10.7 Å². The lowest BCUT2D eigenvalue weighted by atomic mass is 10.3. The molecule has 1 amide bonds. The molecule has 0 saturated carbocycles. The molecule has 1 atom stereocenters. The molecule has 0 spiro atoms. The summed E-state index contributed by atoms with van der Waals surface area (Å²) in [5.74, 6) is -1.04. The minimum atomic E-state index is -0.976. The first-order chi connectivity index (χ1) is 12.9. The van der Waals surface area contributed by atoms with E-state index in [0.717, 1.165) is 0 Å². The summed E-state index contributed by atoms with van der Waals surface area (Å²) in [7, 11) is 0. The number of carbonyl (C=O) groups excluding carboxylic acids is 2. The number of hydrogen-bond donors (Lipinski definition) is 1. The maximum Gasteiger partial charge on any atom is 0.351 e. The Balaban J connectivity index is 1.68. The Labute approximate surface area is 165 Å². The highest BCUT2D eigenvalue weighted by atomic mass is 35.5. The number of pyridine rings is 1. The van der Waals surface area contributed by atoms with Gasteiger partial charge in [0.25, 0.3) is 5.91 Å². The Morgan fingerprint density at radius 3 is 2.74 bits per heavy atom. The van der Waals surface area contributed by atoms with E-state index in [9.17, 15) is 9.59 Å². The third-order valence-electron chi connectivity index (χ3n) is 3.61. The van der Waals surface area contributed by atoms with Crippen molar-refractivity contribution in [2.45, 2.75) is 20.0 Å². The summed E-state index contributed by atoms with van der Waals surface area (Å²) >= 11 is 7.08. The number of halogens is 1. The Morgan fingerprint density at radius 1 is 1.22 bits per heavy atom. The van der Waals surface area contributed by atoms with Crippen molar-refractivity contribution in [2.24, 2.45) is 0 Å². The van der Waals surface area contributed by atoms with Crippen molar-refractivity contribution in [1.82, 2.24) is 9.97 Å². The van der Waals surface area contributed by atoms with Crippen LogP contribution >= 0.6 is 22.9 Å². The quantitative estimate of drug-likeness (QED) is 0.643. The molecular formula is C19H16ClN3O3S. The predicted molar refractivity (Wildman–Crippen MR) is 105 cm³/mol. The fourth-order valence-electron chi connectivity index (χ4n) is 2.26. The topological polar surface area (TPSA) is 81.2 Å². The van der Waals surface area contributed by atoms with Gasteiger partial charge in [-0.1, -0.05) is 23.7 Å². The molecule has 0 bridgehead atoms. The maximum absolute atomic E-state index is 12.5. The van der Waals surface area contributed by atoms with Crippen LogP contribution in [0.25, 0.3) is 10.7 Å². The van der Waals surface area contributed by atoms with Crippen molar-refractivity contribution >= 4 is 40.5 Å². The Morgan fingerprint density at radius 2 is 2.04 bits per heavy atom. The molecule has 2 aromatic heterocycles. The van der Waals surface area contributed by atoms with Gasteiger partial charge in [-0.05, 0) is 44.2 Å². The zero-order valence-electron chi connectivity index (χ0n) is 14.6. The summed E-state index contributed by atoms with van der Waals surface area (Å²) < 4.78 is 5.30. The number of anilines is 1. The molecule has 1 N–H and O–H groups in total. The lowest BCUT2D eigenvalue weighted by Crippen LogP contribution is -2.29. The second-order valence-corrected chi connectivity index (χ2v) is 7.13. The van der Waals surface area contributed by atoms with Crippen LogP contribution in [0.15, 0.2) is 48.7 Å². The summed E-state index contributed by atoms with van der Waals surface area (Å²) in [5, 5.41) is 3.78. The van der Waals surface area contributed by atoms with Crippen molar-refractivity contribution in [2.75, 3.05) is 5.32 Å². The van der Waals surface area contributed by atoms with Crippen LogP contribution in [0.2, 0.25) is 5.02 Å². The van der Waals surface area contributed by atoms with Gasteiger partial charge in [0, 0.05) is 16.9 Å². The summed E-state index contributed by atoms with van der Waals surface area (Å²) in [5.41, 5.74) is 1.74. The number of thiazole rings is 1. The number of aryl methyl sites for hydroxylation is 1. The van der Waals surface area contributed by atoms with Crippen LogP contribution in [0.3, 0.4) is 0 Å². The molecule has 0 aliphatic carbocycles. The molecule has 0 aliphatic rings. The molecule has 0 aliphatic heterocycles. The van der Waals surface area contributed by atoms with Crippen LogP contribution < -0.4 is 5.32 Å². The SMILES string of the molecule is Cc1nc(-c2ccccn2)sc1C(=O)O[C@@H](C)C(=O)Nc1cccc(Cl)c1. The number of nitrogens with zero attached hydrogens (tertiary/aromatic N) is 2. The first kappa shape index (κ1) is 19.0. The Hall–Kier alpha value is -2.77. The molecule has 0 radical (unpaired) electrons. The number of rotatable bonds is 5. The molecule has 3 rings (SSSR count). The van der Waals surface area contributed by atoms with E-state index >= 15 is 0 Å². The number of hydrogen-bond acceptors (Lipinski definition) is 6. The molecule has 27 heavy (non-hydrogen) atoms. The molecule has 8 heteroatoms. The summed E-state index contributed by atoms with van der Waals surface area (Å²) in [6.07, 6.45) is 0.683. The van der Waals surface area contributed by atoms with E-state index in [1.54, 1.807) is 43.5 Å². The summed E-state index contributed by atoms with van der Waals surface area (Å²) in [6.45, 7) is 3.23. The largest absolute Gasteiger partial charge is 0.448 e. The number of esters is 1. The number of nitrogens with one attached hydrogen (secondary N) is 1. The van der Waals surface area contributed by atoms with Crippen molar-refractivity contribution in [1.29, 1.82) is 0 Å². The van der Waals surface area contributed by atoms with E-state index < -0.39 is 18.0 Å². The lowest BCUT2D eigenvalue weighted by molar-refractivity contribution is -0.123. The standard InChI is InChI=1S/C19H16ClN3O3S/c1-11-16(27-18(22-11)15-8-3-4-9-21-15)19(25)26-12(2)17(24)23-14-7-5-6-13(20)10-14/h3-10,12H,1-2H3,(H,23,24)/t12-/m0/s1. The van der Waals surface area contributed by atoms with E-state index in [-0.39, 0.29) is 0 Å². The molecule has 6 nitrogen and oxygen atoms in total. The molecule has 1 aromatic carbocycles. The van der Waals surface area contributed by atoms with Gasteiger partial charge in [-0.15, -0.1) is 11.3 Å². The molecule has 0 fully saturated rings. The van der Waals surface area contributed by atoms with Gasteiger partial charge >= 0.3 is 5.97 Å². The zero-order chi connectivity index (χ0) is 19.4. The van der Waals surface area contributed by atoms with E-state index in [2.05, 4.69) is 15.3 Å². The second-order valence-electron chi connectivity index (χ2n) is 5.70. The van der Waals surface area contributed by atoms with E-state index in [4.69, 9.17) is 16.3 Å². The number of amides is 1. The fourth-order valence-corrected chi connectivity index (χ4v) is 3.38. The van der Waals surface area contributed by atoms with Crippen molar-refractivity contribution < 1.29 is 14.3 Å². The number of benzene rings is 1. The van der Waals surface area contributed by atoms with Crippen LogP contribution in [-0.2, 0) is 9.53 Å². The molecular weight excluding hydrogens is 386 g/mol. The van der Waals surface area contributed by atoms with Gasteiger partial charge in [-0.3, -0.25) is 9.78 Å². The Kier molecular flexibility index (Phi) is 5.83. The van der Waals surface area contributed by atoms with Crippen molar-refractivity contribution in [3.05, 3.63) is 64.3 Å². The monoisotopic (exact) mass is 401 g/mol. The van der Waals surface area contributed by atoms with E-state index in [1.165, 1.54) is 18.3 Å². The van der Waals surface area contributed by atoms with Crippen LogP contribution in [0.4, 0.5) is 5.69 Å². The Bertz CT molecular complexity index is 975. The van der Waals surface area contributed by atoms with Crippen LogP contribution in [0, 0.1) is 6.92 Å². The highest BCUT2D eigenvalue weighted by molar-refractivity contribution is 7.17. The summed E-state index contributed by atoms with van der Waals surface area (Å²) in [6, 6.07) is 12.2. The molecule has 0 saturated heterocycles. The smallest absolute Gasteiger partial charge is 0.351 e. The van der Waals surface area contributed by atoms with E-state index in [1.807, 2.05) is 12.1 Å². The normalized spacial score (nSPS) is 11.7. The lowest BCUT2D eigenvalue weighted by Gasteiger charge is -2.13. The van der Waals surface area contributed by atoms with Crippen LogP contribution in [0.5, 0.6) is 0 Å². The predicted octanol–water partition coefficient (Wildman–Crippen LogP) is 4.35. The molecule has 2 heterocycles. The second kappa shape index (κ2) is 8.28. The third-order valence-corrected chi connectivity index (χ3v) is 5.01. The third kappa shape index (κ3) is 4.69. The van der Waals surface area contributed by atoms with E-state index in [0.29, 0.717) is 32.0 Å². The summed E-state index contributed by atoms with van der Waals surface area (Å²) in [4.78, 5) is 33.7. The average Bonchev–Trinajstić information content (AvgIpc) is 3.04. The highest BCUT2D eigenvalue weighted by Gasteiger charge is 2.23. The van der Waals surface area contributed by atoms with Crippen LogP contribution in [-0.4, -0.2) is 27.9 Å². The van der Waals surface area contributed by atoms with Crippen molar-refractivity contribution in [3.63, 3.8) is 0 Å². The molecule has 138 valence electrons. The fraction of sp³-hybridized carbons (Fsp3) is 0.158. The van der Waals surface area contributed by atoms with Gasteiger partial charge in [0.05, 0.1) is 11.4 Å².